The lowest BCUT2D eigenvalue weighted by atomic mass is 9.72. The molecule has 2 amide bonds. The third kappa shape index (κ3) is 12.1. The van der Waals surface area contributed by atoms with E-state index in [1.807, 2.05) is 25.1 Å². The summed E-state index contributed by atoms with van der Waals surface area (Å²) in [6.45, 7) is 3.90. The number of phenols is 2. The van der Waals surface area contributed by atoms with Gasteiger partial charge in [-0.2, -0.15) is 0 Å². The highest BCUT2D eigenvalue weighted by Crippen LogP contribution is 2.53. The fourth-order valence-electron chi connectivity index (χ4n) is 11.7. The smallest absolute Gasteiger partial charge is 0.306 e. The maximum absolute atomic E-state index is 14.1. The number of esters is 1. The Morgan fingerprint density at radius 3 is 2.33 bits per heavy atom. The number of aryl methyl sites for hydroxylation is 1. The number of nitrogens with zero attached hydrogens (tertiary/aromatic N) is 2. The second-order valence-corrected chi connectivity index (χ2v) is 21.9. The third-order valence-corrected chi connectivity index (χ3v) is 16.3. The number of nitrogens with one attached hydrogen (secondary N) is 1. The Labute approximate surface area is 492 Å². The van der Waals surface area contributed by atoms with Crippen molar-refractivity contribution in [3.63, 3.8) is 0 Å². The number of nitrogens with two attached hydrogens (primary N) is 1. The number of hydrogen-bond acceptors (Lipinski definition) is 20. The molecule has 2 aliphatic carbocycles. The molecule has 2 aromatic heterocycles. The number of fused-ring (bicyclic) bond motifs is 4. The molecule has 7 N–H and O–H groups in total. The molecule has 6 aromatic rings. The second-order valence-electron chi connectivity index (χ2n) is 21.9. The number of benzene rings is 4. The maximum Gasteiger partial charge on any atom is 0.306 e. The molecular formula is C63H66N4O19. The molecule has 0 unspecified atom stereocenters. The van der Waals surface area contributed by atoms with Gasteiger partial charge in [0.2, 0.25) is 11.6 Å². The molecule has 86 heavy (non-hydrogen) atoms. The molecule has 23 heteroatoms. The monoisotopic (exact) mass is 1180 g/mol. The van der Waals surface area contributed by atoms with E-state index < -0.39 is 113 Å². The van der Waals surface area contributed by atoms with Gasteiger partial charge in [-0.15, -0.1) is 0 Å². The van der Waals surface area contributed by atoms with Gasteiger partial charge in [0.15, 0.2) is 18.7 Å². The van der Waals surface area contributed by atoms with Gasteiger partial charge in [-0.05, 0) is 74.7 Å². The van der Waals surface area contributed by atoms with Crippen LogP contribution in [0.25, 0.3) is 22.2 Å². The highest BCUT2D eigenvalue weighted by molar-refractivity contribution is 6.45. The standard InChI is InChI=1S/C63H66N4O19/c1-33-17-18-38(43-15-8-24-83-43)54-49(33)41(31-65-54)58(74)62(78)67-21-19-66(20-22-67)61(77)35-9-4-12-37(27-35)82-26-25-81-23-7-11-36(68)10-5-16-47(70)84-32-46(69)63(79)29-40-51(45(30-63)86-48-28-42(64)55(71)34(2)85-48)60(76)53-52(57(40)73)56(72)39-13-6-14-44(80-3)50(39)59(53)75/h4,6,8-9,12-15,17-18,24,27,31,34,42,45,48,55,65,71,73,76,79H,5,7,10-11,16,19-23,25-26,28-30,32,64H2,1-3H3/t34-,42-,45-,48-,55+,63-/m0/s1. The second kappa shape index (κ2) is 25.6. The van der Waals surface area contributed by atoms with Gasteiger partial charge < -0.3 is 73.8 Å². The predicted octanol–water partition coefficient (Wildman–Crippen LogP) is 5.38. The number of carbonyl (C=O) groups excluding carboxylic acids is 8. The number of piperazine rings is 1. The van der Waals surface area contributed by atoms with Crippen LogP contribution in [0.3, 0.4) is 0 Å². The number of Topliss-reactive ketones (excluding diaryl/α,β-unsaturated/α-hetero) is 3. The molecule has 2 saturated heterocycles. The average molecular weight is 1180 g/mol. The number of furan rings is 1. The number of carbonyl (C=O) groups is 8. The molecule has 0 bridgehead atoms. The number of methoxy groups -OCH3 is 1. The Morgan fingerprint density at radius 1 is 0.837 bits per heavy atom. The van der Waals surface area contributed by atoms with E-state index in [1.165, 1.54) is 30.2 Å². The van der Waals surface area contributed by atoms with Crippen molar-refractivity contribution in [1.29, 1.82) is 0 Å². The van der Waals surface area contributed by atoms with Crippen molar-refractivity contribution in [2.24, 2.45) is 5.73 Å². The number of aliphatic hydroxyl groups excluding tert-OH is 1. The van der Waals surface area contributed by atoms with Gasteiger partial charge in [-0.25, -0.2) is 0 Å². The molecule has 10 rings (SSSR count). The number of aromatic amines is 1. The Morgan fingerprint density at radius 2 is 1.58 bits per heavy atom. The van der Waals surface area contributed by atoms with Crippen molar-refractivity contribution in [3.8, 4) is 34.3 Å². The zero-order valence-electron chi connectivity index (χ0n) is 47.6. The molecule has 4 heterocycles. The zero-order valence-corrected chi connectivity index (χ0v) is 47.6. The minimum absolute atomic E-state index is 0.0307. The van der Waals surface area contributed by atoms with E-state index in [0.29, 0.717) is 34.4 Å². The van der Waals surface area contributed by atoms with Crippen LogP contribution < -0.4 is 15.2 Å². The number of rotatable bonds is 22. The molecule has 0 saturated carbocycles. The first-order chi connectivity index (χ1) is 41.3. The third-order valence-electron chi connectivity index (χ3n) is 16.3. The topological polar surface area (TPSA) is 334 Å². The number of H-pyrrole nitrogens is 1. The summed E-state index contributed by atoms with van der Waals surface area (Å²) in [4.78, 5) is 114. The van der Waals surface area contributed by atoms with Crippen LogP contribution in [-0.2, 0) is 44.5 Å². The molecule has 23 nitrogen and oxygen atoms in total. The lowest BCUT2D eigenvalue weighted by Crippen LogP contribution is -2.53. The Bertz CT molecular complexity index is 3630. The minimum Gasteiger partial charge on any atom is -0.507 e. The van der Waals surface area contributed by atoms with Crippen molar-refractivity contribution in [2.45, 2.75) is 101 Å². The minimum atomic E-state index is -2.43. The number of aromatic hydroxyl groups is 2. The average Bonchev–Trinajstić information content (AvgIpc) is 0.838. The lowest BCUT2D eigenvalue weighted by molar-refractivity contribution is -0.247. The van der Waals surface area contributed by atoms with Crippen LogP contribution in [0.4, 0.5) is 0 Å². The summed E-state index contributed by atoms with van der Waals surface area (Å²) >= 11 is 0. The molecule has 6 atom stereocenters. The number of hydrogen-bond donors (Lipinski definition) is 6. The molecule has 0 radical (unpaired) electrons. The molecule has 4 aromatic carbocycles. The van der Waals surface area contributed by atoms with E-state index in [1.54, 1.807) is 54.6 Å². The number of amides is 2. The van der Waals surface area contributed by atoms with Crippen molar-refractivity contribution in [2.75, 3.05) is 59.7 Å². The molecule has 2 fully saturated rings. The van der Waals surface area contributed by atoms with Crippen LogP contribution in [-0.4, -0.2) is 172 Å². The van der Waals surface area contributed by atoms with Gasteiger partial charge in [-0.3, -0.25) is 38.4 Å². The largest absolute Gasteiger partial charge is 0.507 e. The van der Waals surface area contributed by atoms with Crippen molar-refractivity contribution in [3.05, 3.63) is 129 Å². The number of aromatic nitrogens is 1. The van der Waals surface area contributed by atoms with E-state index in [4.69, 9.17) is 38.6 Å². The summed E-state index contributed by atoms with van der Waals surface area (Å²) in [6.07, 6.45) is -2.32. The fourth-order valence-corrected chi connectivity index (χ4v) is 11.7. The van der Waals surface area contributed by atoms with Crippen molar-refractivity contribution < 1.29 is 91.6 Å². The predicted molar refractivity (Wildman–Crippen MR) is 304 cm³/mol. The summed E-state index contributed by atoms with van der Waals surface area (Å²) in [6, 6.07) is 17.5. The highest BCUT2D eigenvalue weighted by Gasteiger charge is 2.51. The normalized spacial score (nSPS) is 20.9. The van der Waals surface area contributed by atoms with Gasteiger partial charge in [-0.1, -0.05) is 24.3 Å². The highest BCUT2D eigenvalue weighted by atomic mass is 16.7. The van der Waals surface area contributed by atoms with E-state index in [2.05, 4.69) is 4.98 Å². The maximum atomic E-state index is 14.1. The van der Waals surface area contributed by atoms with Crippen LogP contribution >= 0.6 is 0 Å². The quantitative estimate of drug-likeness (QED) is 0.0163. The number of ketones is 5. The van der Waals surface area contributed by atoms with Crippen LogP contribution in [0.5, 0.6) is 23.0 Å². The van der Waals surface area contributed by atoms with E-state index in [0.717, 1.165) is 11.1 Å². The number of phenolic OH excluding ortho intramolecular Hbond substituents is 2. The first-order valence-electron chi connectivity index (χ1n) is 28.4. The first kappa shape index (κ1) is 60.5. The van der Waals surface area contributed by atoms with Crippen molar-refractivity contribution in [1.82, 2.24) is 14.8 Å². The van der Waals surface area contributed by atoms with Crippen LogP contribution in [0, 0.1) is 6.92 Å². The van der Waals surface area contributed by atoms with E-state index in [9.17, 15) is 58.8 Å². The summed E-state index contributed by atoms with van der Waals surface area (Å²) in [5, 5.41) is 46.8. The summed E-state index contributed by atoms with van der Waals surface area (Å²) in [7, 11) is 1.30. The molecular weight excluding hydrogens is 1120 g/mol. The van der Waals surface area contributed by atoms with Crippen LogP contribution in [0.1, 0.15) is 127 Å². The van der Waals surface area contributed by atoms with Gasteiger partial charge in [0.05, 0.1) is 66.1 Å². The SMILES string of the molecule is COc1cccc2c1C(=O)c1c(O)c3c(c(O)c1C2=O)C[C@@](O)(C(=O)COC(=O)CCCC(=O)CCCOCCOc1cccc(C(=O)N2CCN(C(=O)C(=O)c4c[nH]c5c(-c6ccco6)ccc(C)c45)CC2)c1)C[C@@H]3O[C@H]1C[C@H](N)[C@H](O)[C@H](C)O1. The number of aliphatic hydroxyl groups is 2. The van der Waals surface area contributed by atoms with Crippen LogP contribution in [0.2, 0.25) is 0 Å². The first-order valence-corrected chi connectivity index (χ1v) is 28.4. The molecule has 0 spiro atoms. The van der Waals surface area contributed by atoms with Crippen LogP contribution in [0.15, 0.2) is 83.6 Å². The Balaban J connectivity index is 0.644. The van der Waals surface area contributed by atoms with Gasteiger partial charge >= 0.3 is 5.97 Å². The Hall–Kier alpha value is -8.58. The summed E-state index contributed by atoms with van der Waals surface area (Å²) in [5.74, 6) is -5.58. The summed E-state index contributed by atoms with van der Waals surface area (Å²) in [5.41, 5.74) is 4.88. The van der Waals surface area contributed by atoms with Crippen molar-refractivity contribution >= 4 is 57.6 Å². The molecule has 2 aliphatic heterocycles. The molecule has 452 valence electrons. The fraction of sp³-hybridized carbons (Fsp3) is 0.397. The van der Waals surface area contributed by atoms with E-state index >= 15 is 0 Å². The summed E-state index contributed by atoms with van der Waals surface area (Å²) < 4.78 is 39.7. The van der Waals surface area contributed by atoms with Gasteiger partial charge in [0, 0.05) is 117 Å². The van der Waals surface area contributed by atoms with Gasteiger partial charge in [0.25, 0.3) is 17.6 Å². The lowest BCUT2D eigenvalue weighted by Gasteiger charge is -2.42. The number of ether oxygens (including phenoxy) is 6. The Kier molecular flexibility index (Phi) is 18.0. The van der Waals surface area contributed by atoms with Gasteiger partial charge in [0.1, 0.15) is 46.7 Å². The van der Waals surface area contributed by atoms with E-state index in [-0.39, 0.29) is 123 Å². The zero-order chi connectivity index (χ0) is 61.1. The molecule has 4 aliphatic rings.